The summed E-state index contributed by atoms with van der Waals surface area (Å²) in [6.07, 6.45) is 0. The van der Waals surface area contributed by atoms with Crippen LogP contribution in [0.3, 0.4) is 0 Å². The van der Waals surface area contributed by atoms with Crippen LogP contribution in [-0.2, 0) is 0 Å². The minimum Gasteiger partial charge on any atom is -0.369 e. The normalized spacial score (nSPS) is 17.4. The van der Waals surface area contributed by atoms with Crippen LogP contribution in [0.4, 0.5) is 5.69 Å². The molecule has 1 aliphatic rings. The zero-order chi connectivity index (χ0) is 16.7. The number of piperazine rings is 1. The third-order valence-corrected chi connectivity index (χ3v) is 4.27. The Bertz CT molecular complexity index is 483. The first-order chi connectivity index (χ1) is 11.1. The van der Waals surface area contributed by atoms with Crippen molar-refractivity contribution in [2.45, 2.75) is 32.9 Å². The van der Waals surface area contributed by atoms with Crippen LogP contribution in [0.25, 0.3) is 0 Å². The topological polar surface area (TPSA) is 42.9 Å². The molecule has 1 heterocycles. The van der Waals surface area contributed by atoms with Crippen LogP contribution in [0.1, 0.15) is 20.8 Å². The van der Waals surface area contributed by atoms with E-state index >= 15 is 0 Å². The summed E-state index contributed by atoms with van der Waals surface area (Å²) in [6.45, 7) is 11.8. The molecule has 24 heavy (non-hydrogen) atoms. The van der Waals surface area contributed by atoms with Gasteiger partial charge in [-0.2, -0.15) is 0 Å². The SMILES string of the molecule is CN=C(NCC(C)N1CCN(c2ccccc2)CC1)NC(C)C.I. The predicted octanol–water partition coefficient (Wildman–Crippen LogP) is 2.39. The van der Waals surface area contributed by atoms with Crippen LogP contribution in [0.5, 0.6) is 0 Å². The number of guanidine groups is 1. The van der Waals surface area contributed by atoms with Crippen LogP contribution < -0.4 is 15.5 Å². The van der Waals surface area contributed by atoms with Gasteiger partial charge in [0.05, 0.1) is 0 Å². The molecule has 2 N–H and O–H groups in total. The fraction of sp³-hybridized carbons (Fsp3) is 0.611. The Morgan fingerprint density at radius 3 is 2.25 bits per heavy atom. The van der Waals surface area contributed by atoms with Crippen LogP contribution >= 0.6 is 24.0 Å². The van der Waals surface area contributed by atoms with Crippen molar-refractivity contribution in [1.82, 2.24) is 15.5 Å². The maximum atomic E-state index is 4.26. The molecule has 0 saturated carbocycles. The summed E-state index contributed by atoms with van der Waals surface area (Å²) in [5.41, 5.74) is 1.33. The number of rotatable bonds is 5. The van der Waals surface area contributed by atoms with Crippen LogP contribution in [0.2, 0.25) is 0 Å². The molecular weight excluding hydrogens is 413 g/mol. The molecule has 0 aromatic heterocycles. The van der Waals surface area contributed by atoms with Crippen molar-refractivity contribution < 1.29 is 0 Å². The Morgan fingerprint density at radius 1 is 1.08 bits per heavy atom. The number of aliphatic imine (C=N–C) groups is 1. The molecule has 0 spiro atoms. The van der Waals surface area contributed by atoms with E-state index in [1.165, 1.54) is 5.69 Å². The number of nitrogens with one attached hydrogen (secondary N) is 2. The second-order valence-electron chi connectivity index (χ2n) is 6.46. The highest BCUT2D eigenvalue weighted by atomic mass is 127. The van der Waals surface area contributed by atoms with Gasteiger partial charge < -0.3 is 15.5 Å². The number of para-hydroxylation sites is 1. The van der Waals surface area contributed by atoms with Crippen LogP contribution in [0.15, 0.2) is 35.3 Å². The minimum absolute atomic E-state index is 0. The molecule has 0 aliphatic carbocycles. The summed E-state index contributed by atoms with van der Waals surface area (Å²) >= 11 is 0. The molecule has 1 aliphatic heterocycles. The van der Waals surface area contributed by atoms with Gasteiger partial charge in [0.1, 0.15) is 0 Å². The summed E-state index contributed by atoms with van der Waals surface area (Å²) in [4.78, 5) is 9.28. The van der Waals surface area contributed by atoms with Crippen LogP contribution in [-0.4, -0.2) is 62.7 Å². The van der Waals surface area contributed by atoms with E-state index in [9.17, 15) is 0 Å². The fourth-order valence-electron chi connectivity index (χ4n) is 2.90. The molecule has 136 valence electrons. The summed E-state index contributed by atoms with van der Waals surface area (Å²) in [5.74, 6) is 0.884. The van der Waals surface area contributed by atoms with Gasteiger partial charge in [0.25, 0.3) is 0 Å². The predicted molar refractivity (Wildman–Crippen MR) is 115 cm³/mol. The van der Waals surface area contributed by atoms with E-state index in [1.807, 2.05) is 7.05 Å². The smallest absolute Gasteiger partial charge is 0.191 e. The standard InChI is InChI=1S/C18H31N5.HI/c1-15(2)21-18(19-4)20-14-16(3)22-10-12-23(13-11-22)17-8-6-5-7-9-17;/h5-9,15-16H,10-14H2,1-4H3,(H2,19,20,21);1H. The lowest BCUT2D eigenvalue weighted by Crippen LogP contribution is -2.53. The molecule has 0 amide bonds. The molecule has 1 aromatic carbocycles. The number of halogens is 1. The Balaban J connectivity index is 0.00000288. The average Bonchev–Trinajstić information content (AvgIpc) is 2.59. The highest BCUT2D eigenvalue weighted by Crippen LogP contribution is 2.16. The van der Waals surface area contributed by atoms with Gasteiger partial charge in [0.2, 0.25) is 0 Å². The lowest BCUT2D eigenvalue weighted by molar-refractivity contribution is 0.197. The van der Waals surface area contributed by atoms with E-state index < -0.39 is 0 Å². The lowest BCUT2D eigenvalue weighted by atomic mass is 10.2. The van der Waals surface area contributed by atoms with Gasteiger partial charge in [0.15, 0.2) is 5.96 Å². The Labute approximate surface area is 163 Å². The van der Waals surface area contributed by atoms with E-state index in [4.69, 9.17) is 0 Å². The van der Waals surface area contributed by atoms with Crippen molar-refractivity contribution in [2.75, 3.05) is 44.7 Å². The lowest BCUT2D eigenvalue weighted by Gasteiger charge is -2.39. The van der Waals surface area contributed by atoms with E-state index in [-0.39, 0.29) is 24.0 Å². The number of hydrogen-bond donors (Lipinski definition) is 2. The quantitative estimate of drug-likeness (QED) is 0.415. The Morgan fingerprint density at radius 2 is 1.71 bits per heavy atom. The molecule has 0 bridgehead atoms. The summed E-state index contributed by atoms with van der Waals surface area (Å²) in [6, 6.07) is 11.6. The Kier molecular flexibility index (Phi) is 9.43. The van der Waals surface area contributed by atoms with Gasteiger partial charge in [-0.25, -0.2) is 0 Å². The summed E-state index contributed by atoms with van der Waals surface area (Å²) in [7, 11) is 1.82. The zero-order valence-electron chi connectivity index (χ0n) is 15.3. The monoisotopic (exact) mass is 445 g/mol. The van der Waals surface area contributed by atoms with Crippen molar-refractivity contribution in [2.24, 2.45) is 4.99 Å². The molecule has 1 atom stereocenters. The molecule has 1 unspecified atom stereocenters. The van der Waals surface area contributed by atoms with E-state index in [1.54, 1.807) is 0 Å². The second kappa shape index (κ2) is 10.8. The third-order valence-electron chi connectivity index (χ3n) is 4.27. The highest BCUT2D eigenvalue weighted by Gasteiger charge is 2.21. The van der Waals surface area contributed by atoms with Gasteiger partial charge in [-0.05, 0) is 32.9 Å². The van der Waals surface area contributed by atoms with E-state index in [0.29, 0.717) is 12.1 Å². The summed E-state index contributed by atoms with van der Waals surface area (Å²) < 4.78 is 0. The van der Waals surface area contributed by atoms with Crippen molar-refractivity contribution >= 4 is 35.6 Å². The number of benzene rings is 1. The number of hydrogen-bond acceptors (Lipinski definition) is 3. The largest absolute Gasteiger partial charge is 0.369 e. The minimum atomic E-state index is 0. The first-order valence-electron chi connectivity index (χ1n) is 8.61. The van der Waals surface area contributed by atoms with Gasteiger partial charge in [-0.3, -0.25) is 9.89 Å². The van der Waals surface area contributed by atoms with Gasteiger partial charge >= 0.3 is 0 Å². The molecule has 2 rings (SSSR count). The molecule has 1 fully saturated rings. The molecule has 1 saturated heterocycles. The molecule has 1 aromatic rings. The molecule has 0 radical (unpaired) electrons. The zero-order valence-corrected chi connectivity index (χ0v) is 17.7. The van der Waals surface area contributed by atoms with Crippen molar-refractivity contribution in [3.8, 4) is 0 Å². The van der Waals surface area contributed by atoms with E-state index in [0.717, 1.165) is 38.7 Å². The third kappa shape index (κ3) is 6.47. The Hall–Kier alpha value is -1.02. The van der Waals surface area contributed by atoms with E-state index in [2.05, 4.69) is 76.5 Å². The van der Waals surface area contributed by atoms with Gasteiger partial charge in [-0.15, -0.1) is 24.0 Å². The van der Waals surface area contributed by atoms with Gasteiger partial charge in [0, 0.05) is 57.5 Å². The maximum absolute atomic E-state index is 4.26. The molecule has 5 nitrogen and oxygen atoms in total. The number of nitrogens with zero attached hydrogens (tertiary/aromatic N) is 3. The first kappa shape index (κ1) is 21.0. The van der Waals surface area contributed by atoms with Crippen molar-refractivity contribution in [3.63, 3.8) is 0 Å². The second-order valence-corrected chi connectivity index (χ2v) is 6.46. The van der Waals surface area contributed by atoms with Crippen LogP contribution in [0, 0.1) is 0 Å². The summed E-state index contributed by atoms with van der Waals surface area (Å²) in [5, 5.41) is 6.75. The van der Waals surface area contributed by atoms with Crippen molar-refractivity contribution in [1.29, 1.82) is 0 Å². The molecular formula is C18H32IN5. The average molecular weight is 445 g/mol. The van der Waals surface area contributed by atoms with Gasteiger partial charge in [-0.1, -0.05) is 18.2 Å². The first-order valence-corrected chi connectivity index (χ1v) is 8.61. The fourth-order valence-corrected chi connectivity index (χ4v) is 2.90. The molecule has 6 heteroatoms. The highest BCUT2D eigenvalue weighted by molar-refractivity contribution is 14.0. The van der Waals surface area contributed by atoms with Crippen molar-refractivity contribution in [3.05, 3.63) is 30.3 Å². The number of anilines is 1. The maximum Gasteiger partial charge on any atom is 0.191 e.